The Balaban J connectivity index is 1.59. The standard InChI is InChI=1S/C38H49O5PSi/c1-30-13-20-34(21-14-30)44(35-22-15-31(2)16-23-35,36-24-17-32(3)18-25-36)38-29-33(39)19-26-37(38)43-27-11-9-7-8-10-12-28-45(40-4,41-5)42-6/h13-26,29H,7-12,27-28H2,1-6H3/p+1. The minimum absolute atomic E-state index is 0.246. The molecule has 4 aromatic rings. The fourth-order valence-electron chi connectivity index (χ4n) is 5.95. The van der Waals surface area contributed by atoms with Crippen LogP contribution in [0.2, 0.25) is 6.04 Å². The van der Waals surface area contributed by atoms with E-state index in [1.165, 1.54) is 32.6 Å². The molecular weight excluding hydrogens is 595 g/mol. The number of rotatable bonds is 17. The summed E-state index contributed by atoms with van der Waals surface area (Å²) in [5.41, 5.74) is 3.65. The van der Waals surface area contributed by atoms with Crippen LogP contribution in [0.5, 0.6) is 11.5 Å². The van der Waals surface area contributed by atoms with Crippen LogP contribution in [0.3, 0.4) is 0 Å². The van der Waals surface area contributed by atoms with Crippen LogP contribution in [0, 0.1) is 20.8 Å². The Morgan fingerprint density at radius 3 is 1.42 bits per heavy atom. The quantitative estimate of drug-likeness (QED) is 0.0731. The molecule has 0 aliphatic heterocycles. The number of phenolic OH excluding ortho intramolecular Hbond substituents is 1. The van der Waals surface area contributed by atoms with Crippen LogP contribution in [0.4, 0.5) is 0 Å². The van der Waals surface area contributed by atoms with E-state index in [9.17, 15) is 5.11 Å². The van der Waals surface area contributed by atoms with E-state index in [1.54, 1.807) is 27.4 Å². The third kappa shape index (κ3) is 8.43. The molecule has 4 rings (SSSR count). The number of ether oxygens (including phenoxy) is 1. The molecule has 240 valence electrons. The molecule has 0 bridgehead atoms. The van der Waals surface area contributed by atoms with Crippen LogP contribution >= 0.6 is 7.26 Å². The molecule has 0 aliphatic rings. The zero-order valence-electron chi connectivity index (χ0n) is 27.8. The molecule has 0 fully saturated rings. The monoisotopic (exact) mass is 645 g/mol. The van der Waals surface area contributed by atoms with E-state index in [0.717, 1.165) is 55.6 Å². The van der Waals surface area contributed by atoms with Crippen molar-refractivity contribution < 1.29 is 23.1 Å². The Labute approximate surface area is 272 Å². The van der Waals surface area contributed by atoms with Gasteiger partial charge in [0.15, 0.2) is 11.1 Å². The SMILES string of the molecule is CO[Si](CCCCCCCCOc1ccc(O)cc1[P+](c1ccc(C)cc1)(c1ccc(C)cc1)c1ccc(C)cc1)(OC)OC. The normalized spacial score (nSPS) is 12.0. The molecule has 7 heteroatoms. The molecule has 0 aliphatic carbocycles. The predicted octanol–water partition coefficient (Wildman–Crippen LogP) is 7.53. The molecular formula is C38H50O5PSi+. The Morgan fingerprint density at radius 2 is 0.978 bits per heavy atom. The van der Waals surface area contributed by atoms with E-state index in [-0.39, 0.29) is 5.75 Å². The first-order chi connectivity index (χ1) is 21.8. The van der Waals surface area contributed by atoms with Crippen LogP contribution in [0.25, 0.3) is 0 Å². The Kier molecular flexibility index (Phi) is 12.8. The van der Waals surface area contributed by atoms with Crippen LogP contribution in [-0.4, -0.2) is 41.8 Å². The number of hydrogen-bond donors (Lipinski definition) is 1. The highest BCUT2D eigenvalue weighted by Crippen LogP contribution is 2.56. The maximum Gasteiger partial charge on any atom is 0.500 e. The number of aryl methyl sites for hydroxylation is 3. The van der Waals surface area contributed by atoms with Crippen molar-refractivity contribution in [3.8, 4) is 11.5 Å². The molecule has 45 heavy (non-hydrogen) atoms. The fourth-order valence-corrected chi connectivity index (χ4v) is 12.1. The summed E-state index contributed by atoms with van der Waals surface area (Å²) in [6.45, 7) is 7.00. The van der Waals surface area contributed by atoms with Gasteiger partial charge in [0.1, 0.15) is 28.9 Å². The summed E-state index contributed by atoms with van der Waals surface area (Å²) in [7, 11) is 0.104. The first-order valence-corrected chi connectivity index (χ1v) is 19.7. The van der Waals surface area contributed by atoms with Crippen molar-refractivity contribution in [2.75, 3.05) is 27.9 Å². The third-order valence-corrected chi connectivity index (χ3v) is 15.8. The van der Waals surface area contributed by atoms with Crippen LogP contribution in [0.1, 0.15) is 55.2 Å². The van der Waals surface area contributed by atoms with Gasteiger partial charge in [-0.05, 0) is 82.1 Å². The second-order valence-corrected chi connectivity index (χ2v) is 18.3. The second kappa shape index (κ2) is 16.5. The van der Waals surface area contributed by atoms with Crippen molar-refractivity contribution in [3.63, 3.8) is 0 Å². The van der Waals surface area contributed by atoms with Gasteiger partial charge in [-0.2, -0.15) is 0 Å². The first kappa shape index (κ1) is 34.9. The van der Waals surface area contributed by atoms with E-state index >= 15 is 0 Å². The highest BCUT2D eigenvalue weighted by atomic mass is 31.2. The molecule has 0 aromatic heterocycles. The largest absolute Gasteiger partial charge is 0.508 e. The zero-order valence-corrected chi connectivity index (χ0v) is 29.7. The Hall–Kier alpha value is -2.99. The van der Waals surface area contributed by atoms with Gasteiger partial charge in [0.2, 0.25) is 0 Å². The number of benzene rings is 4. The van der Waals surface area contributed by atoms with E-state index in [2.05, 4.69) is 93.6 Å². The van der Waals surface area contributed by atoms with Gasteiger partial charge in [0.05, 0.1) is 6.61 Å². The van der Waals surface area contributed by atoms with Gasteiger partial charge in [-0.15, -0.1) is 0 Å². The average molecular weight is 646 g/mol. The number of hydrogen-bond acceptors (Lipinski definition) is 5. The molecule has 0 atom stereocenters. The van der Waals surface area contributed by atoms with Gasteiger partial charge < -0.3 is 23.1 Å². The fraction of sp³-hybridized carbons (Fsp3) is 0.368. The first-order valence-electron chi connectivity index (χ1n) is 16.0. The van der Waals surface area contributed by atoms with Crippen molar-refractivity contribution in [2.45, 2.75) is 65.3 Å². The van der Waals surface area contributed by atoms with E-state index in [0.29, 0.717) is 6.61 Å². The summed E-state index contributed by atoms with van der Waals surface area (Å²) in [6, 6.07) is 33.2. The predicted molar refractivity (Wildman–Crippen MR) is 192 cm³/mol. The molecule has 1 N–H and O–H groups in total. The van der Waals surface area contributed by atoms with Crippen LogP contribution in [-0.2, 0) is 13.3 Å². The topological polar surface area (TPSA) is 57.2 Å². The molecule has 0 amide bonds. The highest BCUT2D eigenvalue weighted by Gasteiger charge is 2.50. The molecule has 0 heterocycles. The Bertz CT molecular complexity index is 1350. The van der Waals surface area contributed by atoms with Crippen molar-refractivity contribution in [1.82, 2.24) is 0 Å². The number of unbranched alkanes of at least 4 members (excludes halogenated alkanes) is 5. The lowest BCUT2D eigenvalue weighted by Crippen LogP contribution is -2.42. The summed E-state index contributed by atoms with van der Waals surface area (Å²) in [5, 5.41) is 15.7. The van der Waals surface area contributed by atoms with Gasteiger partial charge in [-0.3, -0.25) is 0 Å². The summed E-state index contributed by atoms with van der Waals surface area (Å²) in [6.07, 6.45) is 6.55. The third-order valence-electron chi connectivity index (χ3n) is 8.64. The van der Waals surface area contributed by atoms with Gasteiger partial charge in [-0.1, -0.05) is 78.8 Å². The minimum atomic E-state index is -2.48. The van der Waals surface area contributed by atoms with Crippen molar-refractivity contribution in [1.29, 1.82) is 0 Å². The number of aromatic hydroxyl groups is 1. The molecule has 0 saturated heterocycles. The summed E-state index contributed by atoms with van der Waals surface area (Å²) < 4.78 is 23.3. The lowest BCUT2D eigenvalue weighted by atomic mass is 10.1. The van der Waals surface area contributed by atoms with Gasteiger partial charge in [0.25, 0.3) is 0 Å². The molecule has 0 saturated carbocycles. The van der Waals surface area contributed by atoms with Gasteiger partial charge >= 0.3 is 8.80 Å². The van der Waals surface area contributed by atoms with E-state index < -0.39 is 16.1 Å². The van der Waals surface area contributed by atoms with Crippen molar-refractivity contribution in [2.24, 2.45) is 0 Å². The van der Waals surface area contributed by atoms with Gasteiger partial charge in [-0.25, -0.2) is 0 Å². The highest BCUT2D eigenvalue weighted by molar-refractivity contribution is 8.01. The average Bonchev–Trinajstić information content (AvgIpc) is 3.06. The van der Waals surface area contributed by atoms with Crippen LogP contribution < -0.4 is 26.0 Å². The summed E-state index contributed by atoms with van der Waals surface area (Å²) >= 11 is 0. The van der Waals surface area contributed by atoms with Crippen molar-refractivity contribution >= 4 is 37.3 Å². The van der Waals surface area contributed by atoms with E-state index in [4.69, 9.17) is 18.0 Å². The lowest BCUT2D eigenvalue weighted by molar-refractivity contribution is 0.122. The van der Waals surface area contributed by atoms with Gasteiger partial charge in [0, 0.05) is 33.4 Å². The Morgan fingerprint density at radius 1 is 0.556 bits per heavy atom. The summed E-state index contributed by atoms with van der Waals surface area (Å²) in [4.78, 5) is 0. The minimum Gasteiger partial charge on any atom is -0.508 e. The second-order valence-electron chi connectivity index (χ2n) is 11.8. The molecule has 0 unspecified atom stereocenters. The summed E-state index contributed by atoms with van der Waals surface area (Å²) in [5.74, 6) is 1.08. The maximum absolute atomic E-state index is 10.9. The van der Waals surface area contributed by atoms with Crippen LogP contribution in [0.15, 0.2) is 91.0 Å². The molecule has 4 aromatic carbocycles. The number of phenols is 1. The van der Waals surface area contributed by atoms with Crippen molar-refractivity contribution in [3.05, 3.63) is 108 Å². The lowest BCUT2D eigenvalue weighted by Gasteiger charge is -2.29. The molecule has 0 radical (unpaired) electrons. The van der Waals surface area contributed by atoms with E-state index in [1.807, 2.05) is 12.1 Å². The molecule has 0 spiro atoms. The zero-order chi connectivity index (χ0) is 32.3. The molecule has 5 nitrogen and oxygen atoms in total. The maximum atomic E-state index is 10.9. The smallest absolute Gasteiger partial charge is 0.500 e.